The first-order valence-electron chi connectivity index (χ1n) is 9.75. The van der Waals surface area contributed by atoms with Crippen molar-refractivity contribution in [3.63, 3.8) is 0 Å². The van der Waals surface area contributed by atoms with Gasteiger partial charge in [0.1, 0.15) is 5.75 Å². The van der Waals surface area contributed by atoms with E-state index in [0.29, 0.717) is 12.2 Å². The van der Waals surface area contributed by atoms with Crippen molar-refractivity contribution in [1.82, 2.24) is 4.31 Å². The second-order valence-electron chi connectivity index (χ2n) is 7.74. The zero-order valence-electron chi connectivity index (χ0n) is 16.4. The molecule has 6 nitrogen and oxygen atoms in total. The average Bonchev–Trinajstić information content (AvgIpc) is 3.31. The summed E-state index contributed by atoms with van der Waals surface area (Å²) in [5.74, 6) is 0.578. The lowest BCUT2D eigenvalue weighted by Gasteiger charge is -2.28. The monoisotopic (exact) mass is 435 g/mol. The van der Waals surface area contributed by atoms with Crippen LogP contribution >= 0.6 is 0 Å². The second kappa shape index (κ2) is 7.74. The Balaban J connectivity index is 1.70. The largest absolute Gasteiger partial charge is 0.497 e. The molecule has 4 rings (SSSR count). The highest BCUT2D eigenvalue weighted by Gasteiger charge is 2.39. The van der Waals surface area contributed by atoms with Crippen molar-refractivity contribution >= 4 is 19.9 Å². The van der Waals surface area contributed by atoms with Crippen molar-refractivity contribution in [2.45, 2.75) is 43.2 Å². The molecular weight excluding hydrogens is 410 g/mol. The topological polar surface area (TPSA) is 80.8 Å². The Bertz CT molecular complexity index is 1110. The molecule has 0 N–H and O–H groups in total. The third-order valence-electron chi connectivity index (χ3n) is 5.79. The first kappa shape index (κ1) is 20.4. The van der Waals surface area contributed by atoms with E-state index in [0.717, 1.165) is 30.4 Å². The van der Waals surface area contributed by atoms with Crippen LogP contribution in [0.15, 0.2) is 47.4 Å². The summed E-state index contributed by atoms with van der Waals surface area (Å²) in [5.41, 5.74) is 3.07. The van der Waals surface area contributed by atoms with Crippen molar-refractivity contribution in [2.75, 3.05) is 18.6 Å². The molecule has 0 spiro atoms. The first-order valence-corrected chi connectivity index (χ1v) is 13.0. The number of ether oxygens (including phenoxy) is 1. The van der Waals surface area contributed by atoms with Gasteiger partial charge in [-0.15, -0.1) is 0 Å². The van der Waals surface area contributed by atoms with Gasteiger partial charge in [-0.25, -0.2) is 16.8 Å². The van der Waals surface area contributed by atoms with Gasteiger partial charge in [0.25, 0.3) is 0 Å². The van der Waals surface area contributed by atoms with Crippen LogP contribution in [0.4, 0.5) is 0 Å². The average molecular weight is 436 g/mol. The number of benzene rings is 2. The normalized spacial score (nSPS) is 20.7. The van der Waals surface area contributed by atoms with Gasteiger partial charge in [0.05, 0.1) is 23.5 Å². The molecule has 29 heavy (non-hydrogen) atoms. The van der Waals surface area contributed by atoms with E-state index in [-0.39, 0.29) is 22.9 Å². The highest BCUT2D eigenvalue weighted by molar-refractivity contribution is 7.92. The van der Waals surface area contributed by atoms with Gasteiger partial charge in [-0.1, -0.05) is 18.2 Å². The molecule has 0 radical (unpaired) electrons. The van der Waals surface area contributed by atoms with Crippen LogP contribution in [0.1, 0.15) is 29.5 Å². The molecule has 1 saturated heterocycles. The quantitative estimate of drug-likeness (QED) is 0.697. The molecule has 8 heteroatoms. The van der Waals surface area contributed by atoms with E-state index < -0.39 is 25.9 Å². The van der Waals surface area contributed by atoms with Gasteiger partial charge < -0.3 is 4.74 Å². The standard InChI is InChI=1S/C21H25NO5S2/c1-27-20-8-5-16(6-9-20)14-22(19-11-12-28(23,24)15-19)29(25,26)21-10-7-17-3-2-4-18(17)13-21/h5-10,13,19H,2-4,11-12,14-15H2,1H3/t19-/m0/s1. The van der Waals surface area contributed by atoms with Gasteiger partial charge in [0, 0.05) is 12.6 Å². The fraction of sp³-hybridized carbons (Fsp3) is 0.429. The molecule has 0 amide bonds. The van der Waals surface area contributed by atoms with Crippen molar-refractivity contribution < 1.29 is 21.6 Å². The minimum absolute atomic E-state index is 0.0243. The third-order valence-corrected chi connectivity index (χ3v) is 9.43. The summed E-state index contributed by atoms with van der Waals surface area (Å²) < 4.78 is 57.8. The Morgan fingerprint density at radius 2 is 1.79 bits per heavy atom. The molecule has 1 aliphatic carbocycles. The van der Waals surface area contributed by atoms with Crippen LogP contribution in [0.2, 0.25) is 0 Å². The van der Waals surface area contributed by atoms with Gasteiger partial charge in [-0.2, -0.15) is 4.31 Å². The number of aryl methyl sites for hydroxylation is 2. The van der Waals surface area contributed by atoms with Crippen molar-refractivity contribution in [3.8, 4) is 5.75 Å². The van der Waals surface area contributed by atoms with E-state index in [1.54, 1.807) is 31.4 Å². The van der Waals surface area contributed by atoms with Gasteiger partial charge in [-0.05, 0) is 66.6 Å². The van der Waals surface area contributed by atoms with Crippen LogP contribution in [-0.2, 0) is 39.2 Å². The lowest BCUT2D eigenvalue weighted by Crippen LogP contribution is -2.40. The molecule has 2 aromatic rings. The Kier molecular flexibility index (Phi) is 5.44. The van der Waals surface area contributed by atoms with Crippen LogP contribution in [0.5, 0.6) is 5.75 Å². The highest BCUT2D eigenvalue weighted by Crippen LogP contribution is 2.30. The van der Waals surface area contributed by atoms with Crippen LogP contribution in [0.25, 0.3) is 0 Å². The Hall–Kier alpha value is -1.90. The summed E-state index contributed by atoms with van der Waals surface area (Å²) in [6, 6.07) is 11.9. The predicted molar refractivity (Wildman–Crippen MR) is 111 cm³/mol. The number of nitrogens with zero attached hydrogens (tertiary/aromatic N) is 1. The van der Waals surface area contributed by atoms with Crippen molar-refractivity contribution in [1.29, 1.82) is 0 Å². The van der Waals surface area contributed by atoms with Gasteiger partial charge in [-0.3, -0.25) is 0 Å². The maximum atomic E-state index is 13.6. The zero-order valence-corrected chi connectivity index (χ0v) is 18.0. The molecule has 1 heterocycles. The number of hydrogen-bond acceptors (Lipinski definition) is 5. The van der Waals surface area contributed by atoms with Crippen LogP contribution in [-0.4, -0.2) is 45.8 Å². The highest BCUT2D eigenvalue weighted by atomic mass is 32.2. The van der Waals surface area contributed by atoms with Crippen LogP contribution in [0.3, 0.4) is 0 Å². The predicted octanol–water partition coefficient (Wildman–Crippen LogP) is 2.56. The lowest BCUT2D eigenvalue weighted by atomic mass is 10.1. The summed E-state index contributed by atoms with van der Waals surface area (Å²) in [5, 5.41) is 0. The minimum Gasteiger partial charge on any atom is -0.497 e. The van der Waals surface area contributed by atoms with Gasteiger partial charge >= 0.3 is 0 Å². The molecule has 2 aliphatic rings. The SMILES string of the molecule is COc1ccc(CN([C@H]2CCS(=O)(=O)C2)S(=O)(=O)c2ccc3c(c2)CCC3)cc1. The van der Waals surface area contributed by atoms with Gasteiger partial charge in [0.15, 0.2) is 9.84 Å². The summed E-state index contributed by atoms with van der Waals surface area (Å²) in [6.07, 6.45) is 3.22. The fourth-order valence-corrected chi connectivity index (χ4v) is 7.69. The molecule has 1 fully saturated rings. The summed E-state index contributed by atoms with van der Waals surface area (Å²) >= 11 is 0. The smallest absolute Gasteiger partial charge is 0.243 e. The van der Waals surface area contributed by atoms with E-state index in [9.17, 15) is 16.8 Å². The number of hydrogen-bond donors (Lipinski definition) is 0. The molecular formula is C21H25NO5S2. The Labute approximate surface area is 172 Å². The van der Waals surface area contributed by atoms with E-state index in [2.05, 4.69) is 0 Å². The Morgan fingerprint density at radius 1 is 1.07 bits per heavy atom. The molecule has 1 aliphatic heterocycles. The molecule has 2 aromatic carbocycles. The number of rotatable bonds is 6. The Morgan fingerprint density at radius 3 is 2.45 bits per heavy atom. The summed E-state index contributed by atoms with van der Waals surface area (Å²) in [6.45, 7) is 0.129. The van der Waals surface area contributed by atoms with E-state index in [1.807, 2.05) is 18.2 Å². The first-order chi connectivity index (χ1) is 13.8. The van der Waals surface area contributed by atoms with Crippen molar-refractivity contribution in [2.24, 2.45) is 0 Å². The lowest BCUT2D eigenvalue weighted by molar-refractivity contribution is 0.334. The van der Waals surface area contributed by atoms with E-state index in [4.69, 9.17) is 4.74 Å². The molecule has 0 bridgehead atoms. The molecule has 1 atom stereocenters. The number of sulfonamides is 1. The molecule has 156 valence electrons. The number of sulfone groups is 1. The van der Waals surface area contributed by atoms with Crippen LogP contribution < -0.4 is 4.74 Å². The number of fused-ring (bicyclic) bond motifs is 1. The summed E-state index contributed by atoms with van der Waals surface area (Å²) in [4.78, 5) is 0.246. The summed E-state index contributed by atoms with van der Waals surface area (Å²) in [7, 11) is -5.48. The van der Waals surface area contributed by atoms with Crippen molar-refractivity contribution in [3.05, 3.63) is 59.2 Å². The second-order valence-corrected chi connectivity index (χ2v) is 11.9. The van der Waals surface area contributed by atoms with E-state index in [1.165, 1.54) is 9.87 Å². The maximum Gasteiger partial charge on any atom is 0.243 e. The zero-order chi connectivity index (χ0) is 20.6. The van der Waals surface area contributed by atoms with Gasteiger partial charge in [0.2, 0.25) is 10.0 Å². The maximum absolute atomic E-state index is 13.6. The molecule has 0 saturated carbocycles. The third kappa shape index (κ3) is 4.20. The molecule has 0 unspecified atom stereocenters. The number of methoxy groups -OCH3 is 1. The van der Waals surface area contributed by atoms with Crippen LogP contribution in [0, 0.1) is 0 Å². The minimum atomic E-state index is -3.83. The molecule has 0 aromatic heterocycles. The van der Waals surface area contributed by atoms with E-state index >= 15 is 0 Å². The fourth-order valence-electron chi connectivity index (χ4n) is 4.17.